The minimum atomic E-state index is 0.935. The van der Waals surface area contributed by atoms with Crippen molar-refractivity contribution in [3.63, 3.8) is 0 Å². The molecule has 0 spiro atoms. The third-order valence-corrected chi connectivity index (χ3v) is 7.72. The Balaban J connectivity index is 1.48. The molecule has 0 amide bonds. The molecule has 40 heavy (non-hydrogen) atoms. The van der Waals surface area contributed by atoms with Crippen LogP contribution < -0.4 is 0 Å². The van der Waals surface area contributed by atoms with Crippen molar-refractivity contribution in [3.05, 3.63) is 152 Å². The van der Waals surface area contributed by atoms with Gasteiger partial charge in [-0.2, -0.15) is 0 Å². The van der Waals surface area contributed by atoms with Crippen molar-refractivity contribution in [2.45, 2.75) is 0 Å². The van der Waals surface area contributed by atoms with Crippen molar-refractivity contribution in [2.75, 3.05) is 0 Å². The lowest BCUT2D eigenvalue weighted by Gasteiger charge is -2.12. The molecule has 188 valence electrons. The van der Waals surface area contributed by atoms with Crippen LogP contribution in [-0.4, -0.2) is 14.1 Å². The second-order valence-electron chi connectivity index (χ2n) is 10.1. The van der Waals surface area contributed by atoms with Crippen molar-refractivity contribution in [2.24, 2.45) is 0 Å². The lowest BCUT2D eigenvalue weighted by atomic mass is 10.0. The zero-order chi connectivity index (χ0) is 26.5. The summed E-state index contributed by atoms with van der Waals surface area (Å²) in [4.78, 5) is 5.40. The number of nitrogens with zero attached hydrogens (tertiary/aromatic N) is 3. The largest absolute Gasteiger partial charge is 0.309 e. The molecule has 0 bridgehead atoms. The van der Waals surface area contributed by atoms with Gasteiger partial charge in [-0.25, -0.2) is 4.98 Å². The number of fused-ring (bicyclic) bond motifs is 5. The zero-order valence-electron chi connectivity index (χ0n) is 21.8. The Kier molecular flexibility index (Phi) is 5.14. The van der Waals surface area contributed by atoms with Gasteiger partial charge in [-0.3, -0.25) is 4.57 Å². The normalized spacial score (nSPS) is 11.5. The summed E-state index contributed by atoms with van der Waals surface area (Å²) in [6, 6.07) is 53.5. The van der Waals surface area contributed by atoms with Crippen LogP contribution in [-0.2, 0) is 0 Å². The Morgan fingerprint density at radius 1 is 0.400 bits per heavy atom. The van der Waals surface area contributed by atoms with E-state index in [1.165, 1.54) is 27.4 Å². The SMILES string of the molecule is c1ccc(-c2cccc(-n3c(-c4ccccc4)nc4c5c6ccccc6n(-c6ccccc6)c5ccc43)c2)cc1. The van der Waals surface area contributed by atoms with Gasteiger partial charge in [-0.1, -0.05) is 109 Å². The van der Waals surface area contributed by atoms with Crippen LogP contribution in [0.2, 0.25) is 0 Å². The van der Waals surface area contributed by atoms with E-state index in [4.69, 9.17) is 4.98 Å². The van der Waals surface area contributed by atoms with Crippen LogP contribution in [0, 0.1) is 0 Å². The average molecular weight is 512 g/mol. The molecule has 3 heteroatoms. The van der Waals surface area contributed by atoms with E-state index in [-0.39, 0.29) is 0 Å². The van der Waals surface area contributed by atoms with Crippen LogP contribution in [0.15, 0.2) is 152 Å². The molecule has 3 nitrogen and oxygen atoms in total. The first-order valence-corrected chi connectivity index (χ1v) is 13.6. The lowest BCUT2D eigenvalue weighted by Crippen LogP contribution is -1.98. The maximum Gasteiger partial charge on any atom is 0.145 e. The number of hydrogen-bond acceptors (Lipinski definition) is 1. The van der Waals surface area contributed by atoms with Gasteiger partial charge in [0, 0.05) is 27.7 Å². The molecule has 0 radical (unpaired) electrons. The van der Waals surface area contributed by atoms with Crippen molar-refractivity contribution in [1.82, 2.24) is 14.1 Å². The van der Waals surface area contributed by atoms with Crippen LogP contribution in [0.4, 0.5) is 0 Å². The average Bonchev–Trinajstić information content (AvgIpc) is 3.59. The van der Waals surface area contributed by atoms with E-state index in [0.717, 1.165) is 39.3 Å². The molecule has 0 saturated carbocycles. The highest BCUT2D eigenvalue weighted by molar-refractivity contribution is 6.20. The quantitative estimate of drug-likeness (QED) is 0.231. The molecule has 6 aromatic carbocycles. The highest BCUT2D eigenvalue weighted by Gasteiger charge is 2.21. The van der Waals surface area contributed by atoms with E-state index in [2.05, 4.69) is 161 Å². The predicted molar refractivity (Wildman–Crippen MR) is 166 cm³/mol. The minimum absolute atomic E-state index is 0.935. The molecule has 0 saturated heterocycles. The number of aromatic nitrogens is 3. The van der Waals surface area contributed by atoms with Gasteiger partial charge in [-0.15, -0.1) is 0 Å². The highest BCUT2D eigenvalue weighted by atomic mass is 15.1. The van der Waals surface area contributed by atoms with Gasteiger partial charge in [0.1, 0.15) is 5.82 Å². The Hall–Kier alpha value is -5.41. The molecule has 8 rings (SSSR count). The van der Waals surface area contributed by atoms with Crippen LogP contribution in [0.3, 0.4) is 0 Å². The molecule has 0 N–H and O–H groups in total. The number of benzene rings is 6. The first-order chi connectivity index (χ1) is 19.9. The van der Waals surface area contributed by atoms with Gasteiger partial charge >= 0.3 is 0 Å². The molecule has 0 fully saturated rings. The maximum atomic E-state index is 5.40. The third kappa shape index (κ3) is 3.49. The molecule has 8 aromatic rings. The second-order valence-corrected chi connectivity index (χ2v) is 10.1. The molecule has 0 aliphatic carbocycles. The fourth-order valence-electron chi connectivity index (χ4n) is 5.95. The summed E-state index contributed by atoms with van der Waals surface area (Å²) in [5, 5.41) is 2.38. The Bertz CT molecular complexity index is 2140. The topological polar surface area (TPSA) is 22.8 Å². The predicted octanol–water partition coefficient (Wildman–Crippen LogP) is 9.46. The molecule has 0 atom stereocenters. The smallest absolute Gasteiger partial charge is 0.145 e. The Morgan fingerprint density at radius 2 is 1.00 bits per heavy atom. The molecule has 0 unspecified atom stereocenters. The van der Waals surface area contributed by atoms with E-state index in [0.29, 0.717) is 0 Å². The van der Waals surface area contributed by atoms with E-state index in [1.54, 1.807) is 0 Å². The Labute approximate surface area is 232 Å². The van der Waals surface area contributed by atoms with Crippen molar-refractivity contribution < 1.29 is 0 Å². The first kappa shape index (κ1) is 22.6. The summed E-state index contributed by atoms with van der Waals surface area (Å²) in [6.45, 7) is 0. The number of imidazole rings is 1. The molecule has 0 aliphatic heterocycles. The summed E-state index contributed by atoms with van der Waals surface area (Å²) in [7, 11) is 0. The maximum absolute atomic E-state index is 5.40. The fraction of sp³-hybridized carbons (Fsp3) is 0. The molecular formula is C37H25N3. The van der Waals surface area contributed by atoms with E-state index in [1.807, 2.05) is 0 Å². The van der Waals surface area contributed by atoms with Crippen LogP contribution >= 0.6 is 0 Å². The van der Waals surface area contributed by atoms with Crippen LogP contribution in [0.5, 0.6) is 0 Å². The van der Waals surface area contributed by atoms with E-state index in [9.17, 15) is 0 Å². The van der Waals surface area contributed by atoms with Gasteiger partial charge in [0.2, 0.25) is 0 Å². The van der Waals surface area contributed by atoms with Crippen LogP contribution in [0.1, 0.15) is 0 Å². The van der Waals surface area contributed by atoms with Gasteiger partial charge in [-0.05, 0) is 53.6 Å². The lowest BCUT2D eigenvalue weighted by molar-refractivity contribution is 1.10. The summed E-state index contributed by atoms with van der Waals surface area (Å²) in [5.74, 6) is 0.935. The Morgan fingerprint density at radius 3 is 1.77 bits per heavy atom. The van der Waals surface area contributed by atoms with E-state index < -0.39 is 0 Å². The molecule has 2 aromatic heterocycles. The third-order valence-electron chi connectivity index (χ3n) is 7.72. The summed E-state index contributed by atoms with van der Waals surface area (Å²) < 4.78 is 4.66. The van der Waals surface area contributed by atoms with Gasteiger partial charge in [0.25, 0.3) is 0 Å². The van der Waals surface area contributed by atoms with Crippen molar-refractivity contribution >= 4 is 32.8 Å². The standard InChI is InChI=1S/C37H25N3/c1-4-13-26(14-5-1)28-17-12-20-30(25-28)40-34-24-23-33-35(36(34)38-37(40)27-15-6-2-7-16-27)31-21-10-11-22-32(31)39(33)29-18-8-3-9-19-29/h1-25H. The molecule has 2 heterocycles. The zero-order valence-corrected chi connectivity index (χ0v) is 21.8. The van der Waals surface area contributed by atoms with Gasteiger partial charge in [0.15, 0.2) is 0 Å². The summed E-state index contributed by atoms with van der Waals surface area (Å²) >= 11 is 0. The van der Waals surface area contributed by atoms with E-state index >= 15 is 0 Å². The summed E-state index contributed by atoms with van der Waals surface area (Å²) in [5.41, 5.74) is 10.1. The summed E-state index contributed by atoms with van der Waals surface area (Å²) in [6.07, 6.45) is 0. The van der Waals surface area contributed by atoms with Crippen LogP contribution in [0.25, 0.3) is 66.7 Å². The number of hydrogen-bond donors (Lipinski definition) is 0. The van der Waals surface area contributed by atoms with Crippen molar-refractivity contribution in [1.29, 1.82) is 0 Å². The number of para-hydroxylation sites is 2. The molecule has 0 aliphatic rings. The highest BCUT2D eigenvalue weighted by Crippen LogP contribution is 2.39. The second kappa shape index (κ2) is 9.11. The monoisotopic (exact) mass is 511 g/mol. The fourth-order valence-corrected chi connectivity index (χ4v) is 5.95. The van der Waals surface area contributed by atoms with Gasteiger partial charge in [0.05, 0.1) is 22.1 Å². The minimum Gasteiger partial charge on any atom is -0.309 e. The first-order valence-electron chi connectivity index (χ1n) is 13.6. The van der Waals surface area contributed by atoms with Crippen molar-refractivity contribution in [3.8, 4) is 33.9 Å². The van der Waals surface area contributed by atoms with Gasteiger partial charge < -0.3 is 4.57 Å². The number of rotatable bonds is 4. The molecular weight excluding hydrogens is 486 g/mol.